The van der Waals surface area contributed by atoms with Crippen molar-refractivity contribution in [2.75, 3.05) is 7.11 Å². The van der Waals surface area contributed by atoms with Gasteiger partial charge in [0.2, 0.25) is 0 Å². The predicted molar refractivity (Wildman–Crippen MR) is 77.2 cm³/mol. The fourth-order valence-corrected chi connectivity index (χ4v) is 3.00. The Balaban J connectivity index is 2.26. The first-order chi connectivity index (χ1) is 8.78. The molecule has 0 fully saturated rings. The number of hydrogen-bond acceptors (Lipinski definition) is 5. The molecule has 0 aliphatic carbocycles. The quantitative estimate of drug-likeness (QED) is 0.535. The third-order valence-corrected chi connectivity index (χ3v) is 4.00. The second-order valence-electron chi connectivity index (χ2n) is 3.60. The van der Waals surface area contributed by atoms with E-state index in [0.29, 0.717) is 0 Å². The summed E-state index contributed by atoms with van der Waals surface area (Å²) in [5, 5.41) is 5.64. The number of halogens is 1. The number of oxime groups is 1. The van der Waals surface area contributed by atoms with Crippen LogP contribution < -0.4 is 0 Å². The van der Waals surface area contributed by atoms with Crippen LogP contribution in [0.4, 0.5) is 0 Å². The zero-order chi connectivity index (χ0) is 12.5. The van der Waals surface area contributed by atoms with Crippen LogP contribution in [0.1, 0.15) is 5.01 Å². The highest BCUT2D eigenvalue weighted by Gasteiger charge is 2.07. The number of pyridine rings is 1. The maximum absolute atomic E-state index is 4.66. The summed E-state index contributed by atoms with van der Waals surface area (Å²) in [4.78, 5) is 13.5. The van der Waals surface area contributed by atoms with Crippen molar-refractivity contribution in [2.45, 2.75) is 0 Å². The molecule has 0 saturated carbocycles. The molecule has 18 heavy (non-hydrogen) atoms. The maximum atomic E-state index is 4.66. The highest BCUT2D eigenvalue weighted by Crippen LogP contribution is 2.29. The fourth-order valence-electron chi connectivity index (χ4n) is 1.72. The van der Waals surface area contributed by atoms with Crippen LogP contribution in [0.25, 0.3) is 21.1 Å². The largest absolute Gasteiger partial charge is 0.399 e. The van der Waals surface area contributed by atoms with Gasteiger partial charge in [-0.3, -0.25) is 4.98 Å². The Kier molecular flexibility index (Phi) is 2.97. The van der Waals surface area contributed by atoms with Crippen LogP contribution in [0.5, 0.6) is 0 Å². The van der Waals surface area contributed by atoms with E-state index >= 15 is 0 Å². The molecule has 90 valence electrons. The summed E-state index contributed by atoms with van der Waals surface area (Å²) in [6, 6.07) is 6.05. The Bertz CT molecular complexity index is 753. The maximum Gasteiger partial charge on any atom is 0.139 e. The average Bonchev–Trinajstić information content (AvgIpc) is 2.79. The van der Waals surface area contributed by atoms with Crippen molar-refractivity contribution in [3.8, 4) is 0 Å². The Morgan fingerprint density at radius 2 is 2.28 bits per heavy atom. The summed E-state index contributed by atoms with van der Waals surface area (Å²) in [6.45, 7) is 0. The highest BCUT2D eigenvalue weighted by atomic mass is 79.9. The van der Waals surface area contributed by atoms with E-state index in [0.717, 1.165) is 30.6 Å². The van der Waals surface area contributed by atoms with Crippen molar-refractivity contribution in [1.29, 1.82) is 0 Å². The van der Waals surface area contributed by atoms with Crippen LogP contribution in [-0.2, 0) is 4.84 Å². The average molecular weight is 322 g/mol. The lowest BCUT2D eigenvalue weighted by molar-refractivity contribution is 0.215. The van der Waals surface area contributed by atoms with Gasteiger partial charge < -0.3 is 4.84 Å². The number of benzene rings is 1. The smallest absolute Gasteiger partial charge is 0.139 e. The van der Waals surface area contributed by atoms with Crippen molar-refractivity contribution in [3.05, 3.63) is 33.9 Å². The molecule has 0 aliphatic rings. The Hall–Kier alpha value is -1.53. The van der Waals surface area contributed by atoms with E-state index in [2.05, 4.69) is 35.9 Å². The van der Waals surface area contributed by atoms with Gasteiger partial charge in [0.25, 0.3) is 0 Å². The summed E-state index contributed by atoms with van der Waals surface area (Å²) in [6.07, 6.45) is 3.39. The molecule has 0 saturated heterocycles. The molecule has 0 spiro atoms. The summed E-state index contributed by atoms with van der Waals surface area (Å²) < 4.78 is 2.14. The van der Waals surface area contributed by atoms with Crippen molar-refractivity contribution in [3.63, 3.8) is 0 Å². The van der Waals surface area contributed by atoms with Gasteiger partial charge in [0.15, 0.2) is 0 Å². The van der Waals surface area contributed by atoms with E-state index in [-0.39, 0.29) is 0 Å². The minimum Gasteiger partial charge on any atom is -0.399 e. The second kappa shape index (κ2) is 4.62. The van der Waals surface area contributed by atoms with Crippen LogP contribution in [0, 0.1) is 0 Å². The molecule has 0 atom stereocenters. The number of hydrogen-bond donors (Lipinski definition) is 0. The van der Waals surface area contributed by atoms with E-state index in [9.17, 15) is 0 Å². The molecule has 0 radical (unpaired) electrons. The molecule has 0 aliphatic heterocycles. The van der Waals surface area contributed by atoms with Gasteiger partial charge in [-0.1, -0.05) is 27.2 Å². The molecule has 2 heterocycles. The number of nitrogens with zero attached hydrogens (tertiary/aromatic N) is 3. The fraction of sp³-hybridized carbons (Fsp3) is 0.0833. The zero-order valence-corrected chi connectivity index (χ0v) is 11.8. The Labute approximate surface area is 115 Å². The molecule has 0 amide bonds. The first-order valence-electron chi connectivity index (χ1n) is 5.19. The minimum atomic E-state index is 0.809. The molecule has 2 aromatic heterocycles. The SMILES string of the molecule is CO/N=C/c1nc2cnc3cc(Br)ccc3c2s1. The van der Waals surface area contributed by atoms with Crippen LogP contribution in [0.15, 0.2) is 34.0 Å². The summed E-state index contributed by atoms with van der Waals surface area (Å²) >= 11 is 5.02. The predicted octanol–water partition coefficient (Wildman–Crippen LogP) is 3.59. The molecule has 6 heteroatoms. The summed E-state index contributed by atoms with van der Waals surface area (Å²) in [5.74, 6) is 0. The standard InChI is InChI=1S/C12H8BrN3OS/c1-17-15-6-11-16-10-5-14-9-4-7(13)2-3-8(9)12(10)18-11/h2-6H,1H3/b15-6+. The molecule has 0 N–H and O–H groups in total. The third-order valence-electron chi connectivity index (χ3n) is 2.47. The van der Waals surface area contributed by atoms with E-state index in [1.807, 2.05) is 18.2 Å². The topological polar surface area (TPSA) is 47.4 Å². The van der Waals surface area contributed by atoms with Gasteiger partial charge >= 0.3 is 0 Å². The molecular weight excluding hydrogens is 314 g/mol. The molecular formula is C12H8BrN3OS. The van der Waals surface area contributed by atoms with Crippen molar-refractivity contribution >= 4 is 54.6 Å². The van der Waals surface area contributed by atoms with Gasteiger partial charge in [-0.05, 0) is 12.1 Å². The summed E-state index contributed by atoms with van der Waals surface area (Å²) in [7, 11) is 1.51. The van der Waals surface area contributed by atoms with E-state index in [1.54, 1.807) is 23.7 Å². The number of thiazole rings is 1. The van der Waals surface area contributed by atoms with E-state index in [1.165, 1.54) is 7.11 Å². The van der Waals surface area contributed by atoms with Crippen molar-refractivity contribution < 1.29 is 4.84 Å². The highest BCUT2D eigenvalue weighted by molar-refractivity contribution is 9.10. The normalized spacial score (nSPS) is 11.7. The van der Waals surface area contributed by atoms with E-state index < -0.39 is 0 Å². The number of fused-ring (bicyclic) bond motifs is 3. The van der Waals surface area contributed by atoms with Gasteiger partial charge in [0, 0.05) is 9.86 Å². The van der Waals surface area contributed by atoms with Crippen molar-refractivity contribution in [2.24, 2.45) is 5.16 Å². The Morgan fingerprint density at radius 1 is 1.39 bits per heavy atom. The summed E-state index contributed by atoms with van der Waals surface area (Å²) in [5.41, 5.74) is 1.84. The zero-order valence-electron chi connectivity index (χ0n) is 9.42. The lowest BCUT2D eigenvalue weighted by Gasteiger charge is -1.97. The molecule has 4 nitrogen and oxygen atoms in total. The second-order valence-corrected chi connectivity index (χ2v) is 5.55. The van der Waals surface area contributed by atoms with Crippen LogP contribution in [-0.4, -0.2) is 23.3 Å². The molecule has 3 aromatic rings. The van der Waals surface area contributed by atoms with Crippen molar-refractivity contribution in [1.82, 2.24) is 9.97 Å². The molecule has 3 rings (SSSR count). The van der Waals surface area contributed by atoms with Gasteiger partial charge in [-0.15, -0.1) is 11.3 Å². The van der Waals surface area contributed by atoms with Crippen LogP contribution in [0.3, 0.4) is 0 Å². The van der Waals surface area contributed by atoms with Gasteiger partial charge in [0.05, 0.1) is 16.4 Å². The lowest BCUT2D eigenvalue weighted by atomic mass is 10.2. The molecule has 1 aromatic carbocycles. The third kappa shape index (κ3) is 1.97. The molecule has 0 bridgehead atoms. The number of aromatic nitrogens is 2. The van der Waals surface area contributed by atoms with Gasteiger partial charge in [-0.25, -0.2) is 4.98 Å². The number of rotatable bonds is 2. The van der Waals surface area contributed by atoms with E-state index in [4.69, 9.17) is 0 Å². The lowest BCUT2D eigenvalue weighted by Crippen LogP contribution is -1.80. The van der Waals surface area contributed by atoms with Gasteiger partial charge in [0.1, 0.15) is 23.8 Å². The Morgan fingerprint density at radius 3 is 3.11 bits per heavy atom. The monoisotopic (exact) mass is 321 g/mol. The van der Waals surface area contributed by atoms with Crippen LogP contribution in [0.2, 0.25) is 0 Å². The first kappa shape index (κ1) is 11.6. The first-order valence-corrected chi connectivity index (χ1v) is 6.80. The van der Waals surface area contributed by atoms with Crippen LogP contribution >= 0.6 is 27.3 Å². The molecule has 0 unspecified atom stereocenters. The van der Waals surface area contributed by atoms with Gasteiger partial charge in [-0.2, -0.15) is 0 Å². The minimum absolute atomic E-state index is 0.809.